The van der Waals surface area contributed by atoms with Crippen LogP contribution >= 0.6 is 0 Å². The van der Waals surface area contributed by atoms with E-state index in [-0.39, 0.29) is 13.0 Å². The van der Waals surface area contributed by atoms with Crippen LogP contribution in [0.5, 0.6) is 0 Å². The number of nitrogens with zero attached hydrogens (tertiary/aromatic N) is 4. The molecule has 0 aromatic carbocycles. The molecule has 2 aromatic heterocycles. The van der Waals surface area contributed by atoms with E-state index in [1.54, 1.807) is 33.9 Å². The first-order chi connectivity index (χ1) is 8.65. The summed E-state index contributed by atoms with van der Waals surface area (Å²) in [6.07, 6.45) is 2.94. The van der Waals surface area contributed by atoms with Crippen LogP contribution in [-0.4, -0.2) is 49.5 Å². The molecule has 2 N–H and O–H groups in total. The summed E-state index contributed by atoms with van der Waals surface area (Å²) in [4.78, 5) is 17.1. The highest BCUT2D eigenvalue weighted by Crippen LogP contribution is 2.24. The van der Waals surface area contributed by atoms with Crippen molar-refractivity contribution in [2.75, 3.05) is 11.4 Å². The summed E-state index contributed by atoms with van der Waals surface area (Å²) in [5.41, 5.74) is 0.651. The number of rotatable bonds is 2. The van der Waals surface area contributed by atoms with E-state index >= 15 is 0 Å². The molecule has 2 unspecified atom stereocenters. The molecule has 0 bridgehead atoms. The molecule has 0 aliphatic carbocycles. The summed E-state index contributed by atoms with van der Waals surface area (Å²) in [6.45, 7) is 0.286. The molecule has 1 fully saturated rings. The molecule has 18 heavy (non-hydrogen) atoms. The number of aromatic nitrogens is 3. The van der Waals surface area contributed by atoms with Gasteiger partial charge in [0, 0.05) is 25.2 Å². The minimum Gasteiger partial charge on any atom is -0.480 e. The van der Waals surface area contributed by atoms with Gasteiger partial charge >= 0.3 is 5.97 Å². The molecule has 3 heterocycles. The fourth-order valence-corrected chi connectivity index (χ4v) is 2.26. The van der Waals surface area contributed by atoms with Crippen LogP contribution in [0.2, 0.25) is 0 Å². The molecule has 2 atom stereocenters. The third kappa shape index (κ3) is 1.68. The summed E-state index contributed by atoms with van der Waals surface area (Å²) in [5, 5.41) is 22.8. The van der Waals surface area contributed by atoms with Gasteiger partial charge in [-0.15, -0.1) is 0 Å². The fourth-order valence-electron chi connectivity index (χ4n) is 2.26. The molecule has 3 rings (SSSR count). The van der Waals surface area contributed by atoms with E-state index < -0.39 is 18.1 Å². The number of hydrogen-bond donors (Lipinski definition) is 2. The smallest absolute Gasteiger partial charge is 0.326 e. The van der Waals surface area contributed by atoms with Crippen molar-refractivity contribution in [2.24, 2.45) is 0 Å². The molecule has 7 heteroatoms. The van der Waals surface area contributed by atoms with Crippen molar-refractivity contribution in [3.8, 4) is 0 Å². The van der Waals surface area contributed by atoms with Crippen molar-refractivity contribution >= 4 is 17.4 Å². The predicted molar refractivity (Wildman–Crippen MR) is 62.4 cm³/mol. The van der Waals surface area contributed by atoms with Crippen LogP contribution in [0.1, 0.15) is 6.42 Å². The third-order valence-electron chi connectivity index (χ3n) is 3.10. The van der Waals surface area contributed by atoms with Crippen LogP contribution < -0.4 is 4.90 Å². The first-order valence-corrected chi connectivity index (χ1v) is 5.63. The van der Waals surface area contributed by atoms with Gasteiger partial charge in [-0.1, -0.05) is 0 Å². The largest absolute Gasteiger partial charge is 0.480 e. The maximum Gasteiger partial charge on any atom is 0.326 e. The first-order valence-electron chi connectivity index (χ1n) is 5.63. The van der Waals surface area contributed by atoms with E-state index in [4.69, 9.17) is 5.11 Å². The van der Waals surface area contributed by atoms with Crippen LogP contribution in [0.3, 0.4) is 0 Å². The van der Waals surface area contributed by atoms with Crippen molar-refractivity contribution in [3.05, 3.63) is 24.5 Å². The normalized spacial score (nSPS) is 23.7. The zero-order valence-corrected chi connectivity index (χ0v) is 9.47. The van der Waals surface area contributed by atoms with Crippen molar-refractivity contribution in [2.45, 2.75) is 18.6 Å². The van der Waals surface area contributed by atoms with Crippen LogP contribution in [0.15, 0.2) is 24.5 Å². The minimum absolute atomic E-state index is 0.224. The van der Waals surface area contributed by atoms with Gasteiger partial charge < -0.3 is 15.1 Å². The zero-order valence-electron chi connectivity index (χ0n) is 9.47. The Morgan fingerprint density at radius 2 is 2.28 bits per heavy atom. The predicted octanol–water partition coefficient (Wildman–Crippen LogP) is -0.247. The van der Waals surface area contributed by atoms with Crippen LogP contribution in [0.25, 0.3) is 5.65 Å². The Bertz CT molecular complexity index is 597. The minimum atomic E-state index is -0.943. The van der Waals surface area contributed by atoms with E-state index in [0.29, 0.717) is 11.5 Å². The van der Waals surface area contributed by atoms with Crippen molar-refractivity contribution < 1.29 is 15.0 Å². The monoisotopic (exact) mass is 248 g/mol. The Hall–Kier alpha value is -2.15. The van der Waals surface area contributed by atoms with Crippen LogP contribution in [0.4, 0.5) is 5.82 Å². The zero-order chi connectivity index (χ0) is 12.7. The average molecular weight is 248 g/mol. The molecular weight excluding hydrogens is 236 g/mol. The Kier molecular flexibility index (Phi) is 2.41. The van der Waals surface area contributed by atoms with Gasteiger partial charge in [-0.3, -0.25) is 0 Å². The molecule has 0 radical (unpaired) electrons. The first kappa shape index (κ1) is 11.0. The molecular formula is C11H12N4O3. The SMILES string of the molecule is O=C(O)C1CC(O)CN1c1ccn2nccc2n1. The van der Waals surface area contributed by atoms with Crippen LogP contribution in [-0.2, 0) is 4.79 Å². The Morgan fingerprint density at radius 1 is 1.44 bits per heavy atom. The number of anilines is 1. The topological polar surface area (TPSA) is 91.0 Å². The van der Waals surface area contributed by atoms with Gasteiger partial charge in [0.25, 0.3) is 0 Å². The van der Waals surface area contributed by atoms with Gasteiger partial charge in [0.2, 0.25) is 0 Å². The van der Waals surface area contributed by atoms with Crippen LogP contribution in [0, 0.1) is 0 Å². The molecule has 1 saturated heterocycles. The number of aliphatic carboxylic acids is 1. The second kappa shape index (κ2) is 3.95. The second-order valence-corrected chi connectivity index (χ2v) is 4.32. The maximum atomic E-state index is 11.1. The molecule has 7 nitrogen and oxygen atoms in total. The summed E-state index contributed by atoms with van der Waals surface area (Å²) in [5.74, 6) is -0.395. The number of hydrogen-bond acceptors (Lipinski definition) is 5. The Morgan fingerprint density at radius 3 is 3.06 bits per heavy atom. The molecule has 94 valence electrons. The van der Waals surface area contributed by atoms with Gasteiger partial charge in [0.1, 0.15) is 11.9 Å². The van der Waals surface area contributed by atoms with E-state index in [0.717, 1.165) is 0 Å². The van der Waals surface area contributed by atoms with Crippen molar-refractivity contribution in [1.29, 1.82) is 0 Å². The average Bonchev–Trinajstić information content (AvgIpc) is 2.93. The quantitative estimate of drug-likeness (QED) is 0.761. The summed E-state index contributed by atoms with van der Waals surface area (Å²) in [6, 6.07) is 2.72. The van der Waals surface area contributed by atoms with E-state index in [2.05, 4.69) is 10.1 Å². The summed E-state index contributed by atoms with van der Waals surface area (Å²) < 4.78 is 1.60. The Balaban J connectivity index is 1.99. The second-order valence-electron chi connectivity index (χ2n) is 4.32. The lowest BCUT2D eigenvalue weighted by Crippen LogP contribution is -2.36. The standard InChI is InChI=1S/C11H12N4O3/c16-7-5-8(11(17)18)14(6-7)9-2-4-15-10(13-9)1-3-12-15/h1-4,7-8,16H,5-6H2,(H,17,18). The molecule has 0 amide bonds. The summed E-state index contributed by atoms with van der Waals surface area (Å²) >= 11 is 0. The number of fused-ring (bicyclic) bond motifs is 1. The highest BCUT2D eigenvalue weighted by atomic mass is 16.4. The molecule has 2 aromatic rings. The number of β-amino-alcohol motifs (C(OH)–C–C–N with tert-alkyl or cyclic N) is 1. The highest BCUT2D eigenvalue weighted by Gasteiger charge is 2.36. The molecule has 1 aliphatic heterocycles. The highest BCUT2D eigenvalue weighted by molar-refractivity contribution is 5.78. The van der Waals surface area contributed by atoms with Gasteiger partial charge in [-0.2, -0.15) is 5.10 Å². The summed E-state index contributed by atoms with van der Waals surface area (Å²) in [7, 11) is 0. The van der Waals surface area contributed by atoms with Crippen molar-refractivity contribution in [1.82, 2.24) is 14.6 Å². The van der Waals surface area contributed by atoms with Gasteiger partial charge in [-0.25, -0.2) is 14.3 Å². The number of carbonyl (C=O) groups is 1. The fraction of sp³-hybridized carbons (Fsp3) is 0.364. The number of aliphatic hydroxyl groups is 1. The lowest BCUT2D eigenvalue weighted by atomic mass is 10.2. The Labute approximate surface area is 102 Å². The number of carboxylic acids is 1. The molecule has 1 aliphatic rings. The van der Waals surface area contributed by atoms with Gasteiger partial charge in [-0.05, 0) is 6.07 Å². The lowest BCUT2D eigenvalue weighted by molar-refractivity contribution is -0.138. The number of aliphatic hydroxyl groups excluding tert-OH is 1. The third-order valence-corrected chi connectivity index (χ3v) is 3.10. The van der Waals surface area contributed by atoms with Gasteiger partial charge in [0.15, 0.2) is 5.65 Å². The maximum absolute atomic E-state index is 11.1. The number of carboxylic acid groups (broad SMARTS) is 1. The molecule has 0 spiro atoms. The van der Waals surface area contributed by atoms with E-state index in [1.807, 2.05) is 0 Å². The van der Waals surface area contributed by atoms with Gasteiger partial charge in [0.05, 0.1) is 12.3 Å². The van der Waals surface area contributed by atoms with Crippen molar-refractivity contribution in [3.63, 3.8) is 0 Å². The lowest BCUT2D eigenvalue weighted by Gasteiger charge is -2.21. The molecule has 0 saturated carbocycles. The van der Waals surface area contributed by atoms with E-state index in [9.17, 15) is 9.90 Å². The van der Waals surface area contributed by atoms with E-state index in [1.165, 1.54) is 0 Å².